The van der Waals surface area contributed by atoms with Crippen molar-refractivity contribution in [2.24, 2.45) is 9.98 Å². The zero-order valence-corrected chi connectivity index (χ0v) is 28.8. The molecule has 3 aromatic carbocycles. The van der Waals surface area contributed by atoms with Crippen molar-refractivity contribution in [1.29, 1.82) is 0 Å². The third-order valence-electron chi connectivity index (χ3n) is 7.27. The molecule has 49 heavy (non-hydrogen) atoms. The van der Waals surface area contributed by atoms with Gasteiger partial charge in [-0.1, -0.05) is 29.3 Å². The molecule has 3 aromatic rings. The lowest BCUT2D eigenvalue weighted by Crippen LogP contribution is -2.26. The molecule has 0 atom stereocenters. The average Bonchev–Trinajstić information content (AvgIpc) is 3.05. The molecule has 1 aliphatic rings. The maximum absolute atomic E-state index is 13.3. The lowest BCUT2D eigenvalue weighted by atomic mass is 9.93. The highest BCUT2D eigenvalue weighted by Crippen LogP contribution is 2.30. The molecule has 0 saturated carbocycles. The number of rotatable bonds is 18. The topological polar surface area (TPSA) is 202 Å². The highest BCUT2D eigenvalue weighted by atomic mass is 32.2. The van der Waals surface area contributed by atoms with Crippen LogP contribution in [0.2, 0.25) is 0 Å². The van der Waals surface area contributed by atoms with Gasteiger partial charge in [0.2, 0.25) is 5.78 Å². The van der Waals surface area contributed by atoms with Crippen LogP contribution in [0.4, 0.5) is 17.1 Å². The number of unbranched alkanes of at least 4 members (excludes halogenated alkanes) is 2. The molecule has 0 aliphatic heterocycles. The van der Waals surface area contributed by atoms with Crippen molar-refractivity contribution in [3.8, 4) is 0 Å². The van der Waals surface area contributed by atoms with Crippen molar-refractivity contribution < 1.29 is 50.1 Å². The van der Waals surface area contributed by atoms with E-state index in [4.69, 9.17) is 24.1 Å². The van der Waals surface area contributed by atoms with Gasteiger partial charge in [0.25, 0.3) is 20.2 Å². The predicted molar refractivity (Wildman–Crippen MR) is 186 cm³/mol. The van der Waals surface area contributed by atoms with Gasteiger partial charge >= 0.3 is 0 Å². The summed E-state index contributed by atoms with van der Waals surface area (Å²) in [6, 6.07) is 19.3. The van der Waals surface area contributed by atoms with E-state index in [0.29, 0.717) is 59.0 Å². The number of hydrogen-bond donors (Lipinski definition) is 3. The van der Waals surface area contributed by atoms with Crippen LogP contribution < -0.4 is 4.90 Å². The number of ether oxygens (including phenoxy) is 1. The van der Waals surface area contributed by atoms with Crippen molar-refractivity contribution in [1.82, 2.24) is 0 Å². The molecule has 0 saturated heterocycles. The number of anilines is 1. The number of carbonyl (C=O) groups excluding carboxylic acids is 1. The summed E-state index contributed by atoms with van der Waals surface area (Å²) in [4.78, 5) is 25.0. The van der Waals surface area contributed by atoms with E-state index in [1.807, 2.05) is 30.0 Å². The minimum absolute atomic E-state index is 0.0251. The molecule has 1 aliphatic carbocycles. The second-order valence-electron chi connectivity index (χ2n) is 10.9. The third kappa shape index (κ3) is 12.2. The van der Waals surface area contributed by atoms with Crippen molar-refractivity contribution >= 4 is 67.2 Å². The largest absolute Gasteiger partial charge is 0.442 e. The van der Waals surface area contributed by atoms with E-state index < -0.39 is 20.2 Å². The Hall–Kier alpha value is -3.94. The molecule has 0 radical (unpaired) electrons. The smallest absolute Gasteiger partial charge is 0.264 e. The predicted octanol–water partition coefficient (Wildman–Crippen LogP) is 6.14. The third-order valence-corrected chi connectivity index (χ3v) is 9.47. The van der Waals surface area contributed by atoms with Crippen molar-refractivity contribution in [2.45, 2.75) is 37.5 Å². The molecular weight excluding hydrogens is 699 g/mol. The lowest BCUT2D eigenvalue weighted by Gasteiger charge is -2.26. The number of benzene rings is 3. The van der Waals surface area contributed by atoms with Crippen LogP contribution in [0.5, 0.6) is 0 Å². The van der Waals surface area contributed by atoms with Crippen LogP contribution in [0.3, 0.4) is 0 Å². The maximum atomic E-state index is 13.3. The zero-order chi connectivity index (χ0) is 35.4. The zero-order valence-electron chi connectivity index (χ0n) is 26.3. The van der Waals surface area contributed by atoms with Crippen molar-refractivity contribution in [3.05, 3.63) is 95.3 Å². The number of Topliss-reactive ketones (excluding diaryl/α,β-unsaturated/α-hetero) is 1. The molecule has 17 heteroatoms. The molecule has 4 rings (SSSR count). The van der Waals surface area contributed by atoms with Crippen LogP contribution in [-0.4, -0.2) is 73.7 Å². The number of allylic oxidation sites excluding steroid dienone is 2. The summed E-state index contributed by atoms with van der Waals surface area (Å²) in [5.41, 5.74) is 4.30. The standard InChI is InChI=1S/C32H35N3O11S3/c1-23-20-25(35(16-4-6-18-48(38,39)40)17-5-7-19-49(41,42)43)12-15-29(23)34-30-21-31(32(36)28-9-3-2-8-27(28)30)44-22-33-24-10-13-26(14-11-24)47-46-45-37/h2-3,8-15,20-22,37H,4-7,16-19H2,1H3,(H,38,39,40)(H,41,42,43). The Labute approximate surface area is 288 Å². The van der Waals surface area contributed by atoms with Gasteiger partial charge in [-0.2, -0.15) is 16.8 Å². The van der Waals surface area contributed by atoms with E-state index in [1.54, 1.807) is 54.6 Å². The van der Waals surface area contributed by atoms with Gasteiger partial charge in [-0.15, -0.1) is 4.33 Å². The number of aryl methyl sites for hydroxylation is 1. The quantitative estimate of drug-likeness (QED) is 0.0256. The van der Waals surface area contributed by atoms with Crippen LogP contribution >= 0.6 is 12.0 Å². The number of ketones is 1. The van der Waals surface area contributed by atoms with Crippen LogP contribution in [0.25, 0.3) is 0 Å². The van der Waals surface area contributed by atoms with Gasteiger partial charge in [-0.25, -0.2) is 15.2 Å². The fraction of sp³-hybridized carbons (Fsp3) is 0.281. The SMILES string of the molecule is Cc1cc(N(CCCCS(=O)(=O)O)CCCCS(=O)(=O)O)ccc1N=C1C=C(OC=Nc2ccc(SOOO)cc2)C(=O)c2ccccc21. The monoisotopic (exact) mass is 733 g/mol. The van der Waals surface area contributed by atoms with Gasteiger partial charge in [-0.05, 0) is 80.6 Å². The molecule has 262 valence electrons. The molecule has 0 bridgehead atoms. The Balaban J connectivity index is 1.55. The number of aliphatic imine (C=N–C) groups is 2. The van der Waals surface area contributed by atoms with Crippen molar-refractivity contribution in [3.63, 3.8) is 0 Å². The molecule has 0 amide bonds. The number of carbonyl (C=O) groups is 1. The Kier molecular flexibility index (Phi) is 13.6. The summed E-state index contributed by atoms with van der Waals surface area (Å²) in [5.74, 6) is -1.03. The fourth-order valence-electron chi connectivity index (χ4n) is 4.91. The van der Waals surface area contributed by atoms with Crippen LogP contribution in [-0.2, 0) is 34.3 Å². The van der Waals surface area contributed by atoms with Crippen molar-refractivity contribution in [2.75, 3.05) is 29.5 Å². The summed E-state index contributed by atoms with van der Waals surface area (Å²) in [7, 11) is -8.17. The van der Waals surface area contributed by atoms with E-state index in [1.165, 1.54) is 0 Å². The highest BCUT2D eigenvalue weighted by molar-refractivity contribution is 7.94. The summed E-state index contributed by atoms with van der Waals surface area (Å²) in [5, 5.41) is 11.9. The molecule has 3 N–H and O–H groups in total. The first-order valence-electron chi connectivity index (χ1n) is 15.0. The first-order valence-corrected chi connectivity index (χ1v) is 18.9. The van der Waals surface area contributed by atoms with Gasteiger partial charge in [0.15, 0.2) is 12.2 Å². The second kappa shape index (κ2) is 17.6. The van der Waals surface area contributed by atoms with E-state index in [9.17, 15) is 21.6 Å². The number of nitrogens with zero attached hydrogens (tertiary/aromatic N) is 3. The number of fused-ring (bicyclic) bond motifs is 1. The fourth-order valence-corrected chi connectivity index (χ4v) is 6.40. The Morgan fingerprint density at radius 3 is 2.08 bits per heavy atom. The first-order chi connectivity index (χ1) is 23.3. The molecule has 0 heterocycles. The molecule has 0 aromatic heterocycles. The van der Waals surface area contributed by atoms with Crippen LogP contribution in [0.1, 0.15) is 47.2 Å². The molecule has 0 fully saturated rings. The van der Waals surface area contributed by atoms with E-state index >= 15 is 0 Å². The molecule has 0 spiro atoms. The first kappa shape index (κ1) is 37.9. The Bertz CT molecular complexity index is 1890. The highest BCUT2D eigenvalue weighted by Gasteiger charge is 2.25. The van der Waals surface area contributed by atoms with Gasteiger partial charge in [-0.3, -0.25) is 13.9 Å². The summed E-state index contributed by atoms with van der Waals surface area (Å²) in [6.45, 7) is 2.77. The van der Waals surface area contributed by atoms with Crippen LogP contribution in [0, 0.1) is 6.92 Å². The number of hydrogen-bond acceptors (Lipinski definition) is 13. The normalized spacial score (nSPS) is 14.2. The van der Waals surface area contributed by atoms with Gasteiger partial charge in [0.05, 0.1) is 40.6 Å². The van der Waals surface area contributed by atoms with E-state index in [-0.39, 0.29) is 35.9 Å². The molecule has 0 unspecified atom stereocenters. The van der Waals surface area contributed by atoms with Crippen LogP contribution in [0.15, 0.2) is 93.4 Å². The van der Waals surface area contributed by atoms with E-state index in [2.05, 4.69) is 14.4 Å². The minimum atomic E-state index is -4.09. The van der Waals surface area contributed by atoms with Gasteiger partial charge in [0.1, 0.15) is 0 Å². The maximum Gasteiger partial charge on any atom is 0.264 e. The van der Waals surface area contributed by atoms with Gasteiger partial charge in [0, 0.05) is 40.9 Å². The average molecular weight is 734 g/mol. The molecule has 14 nitrogen and oxygen atoms in total. The minimum Gasteiger partial charge on any atom is -0.442 e. The molecular formula is C32H35N3O11S3. The van der Waals surface area contributed by atoms with Gasteiger partial charge < -0.3 is 9.64 Å². The summed E-state index contributed by atoms with van der Waals surface area (Å²) >= 11 is 0.806. The Morgan fingerprint density at radius 2 is 1.49 bits per heavy atom. The summed E-state index contributed by atoms with van der Waals surface area (Å²) in [6.07, 6.45) is 4.11. The second-order valence-corrected chi connectivity index (χ2v) is 14.8. The van der Waals surface area contributed by atoms with E-state index in [0.717, 1.165) is 29.7 Å². The Morgan fingerprint density at radius 1 is 0.857 bits per heavy atom. The summed E-state index contributed by atoms with van der Waals surface area (Å²) < 4.78 is 72.9. The lowest BCUT2D eigenvalue weighted by molar-refractivity contribution is -0.432.